The number of carbonyl (C=O) groups excluding carboxylic acids is 1. The molecule has 2 fully saturated rings. The molecule has 0 bridgehead atoms. The standard InChI is InChI=1S/C18H34N2O2/c1-11(2)13-8-7-12(3)9-14(13)19-15-10-16(15)20-17(21)22-18(4,5)6/h11-16,19H,7-10H2,1-6H3,(H,20,21). The predicted octanol–water partition coefficient (Wildman–Crippen LogP) is 3.70. The highest BCUT2D eigenvalue weighted by Gasteiger charge is 2.42. The van der Waals surface area contributed by atoms with Gasteiger partial charge in [0.15, 0.2) is 0 Å². The Kier molecular flexibility index (Phi) is 5.41. The van der Waals surface area contributed by atoms with Gasteiger partial charge in [0.1, 0.15) is 5.60 Å². The number of hydrogen-bond donors (Lipinski definition) is 2. The van der Waals surface area contributed by atoms with Crippen LogP contribution in [0.25, 0.3) is 0 Å². The summed E-state index contributed by atoms with van der Waals surface area (Å²) in [5.41, 5.74) is -0.427. The van der Waals surface area contributed by atoms with Gasteiger partial charge in [-0.25, -0.2) is 4.79 Å². The largest absolute Gasteiger partial charge is 0.444 e. The molecule has 0 spiro atoms. The van der Waals surface area contributed by atoms with E-state index < -0.39 is 5.60 Å². The highest BCUT2D eigenvalue weighted by atomic mass is 16.6. The summed E-state index contributed by atoms with van der Waals surface area (Å²) in [4.78, 5) is 11.8. The van der Waals surface area contributed by atoms with E-state index in [4.69, 9.17) is 4.74 Å². The average Bonchev–Trinajstić information content (AvgIpc) is 3.03. The first-order chi connectivity index (χ1) is 10.2. The van der Waals surface area contributed by atoms with Gasteiger partial charge in [0, 0.05) is 18.1 Å². The van der Waals surface area contributed by atoms with Gasteiger partial charge in [-0.05, 0) is 57.8 Å². The van der Waals surface area contributed by atoms with E-state index in [1.807, 2.05) is 20.8 Å². The zero-order chi connectivity index (χ0) is 16.5. The second-order valence-corrected chi connectivity index (χ2v) is 8.69. The van der Waals surface area contributed by atoms with E-state index in [1.165, 1.54) is 19.3 Å². The van der Waals surface area contributed by atoms with E-state index in [0.29, 0.717) is 12.1 Å². The molecule has 2 saturated carbocycles. The molecular weight excluding hydrogens is 276 g/mol. The Morgan fingerprint density at radius 3 is 2.36 bits per heavy atom. The van der Waals surface area contributed by atoms with Crippen molar-refractivity contribution in [3.63, 3.8) is 0 Å². The first-order valence-electron chi connectivity index (χ1n) is 8.91. The van der Waals surface area contributed by atoms with E-state index in [2.05, 4.69) is 31.4 Å². The maximum atomic E-state index is 11.8. The highest BCUT2D eigenvalue weighted by molar-refractivity contribution is 5.68. The Balaban J connectivity index is 1.78. The van der Waals surface area contributed by atoms with Gasteiger partial charge in [-0.3, -0.25) is 0 Å². The molecule has 2 aliphatic rings. The third-order valence-electron chi connectivity index (χ3n) is 4.94. The summed E-state index contributed by atoms with van der Waals surface area (Å²) in [5.74, 6) is 2.29. The lowest BCUT2D eigenvalue weighted by atomic mass is 9.74. The molecule has 2 aliphatic carbocycles. The molecule has 0 aliphatic heterocycles. The fourth-order valence-electron chi connectivity index (χ4n) is 3.67. The molecule has 2 rings (SSSR count). The normalized spacial score (nSPS) is 35.3. The van der Waals surface area contributed by atoms with E-state index in [-0.39, 0.29) is 12.1 Å². The third kappa shape index (κ3) is 5.15. The van der Waals surface area contributed by atoms with Crippen LogP contribution in [0.5, 0.6) is 0 Å². The summed E-state index contributed by atoms with van der Waals surface area (Å²) in [6.45, 7) is 12.7. The van der Waals surface area contributed by atoms with Gasteiger partial charge < -0.3 is 15.4 Å². The van der Waals surface area contributed by atoms with E-state index >= 15 is 0 Å². The molecule has 0 aromatic rings. The molecule has 2 N–H and O–H groups in total. The molecule has 0 aromatic carbocycles. The van der Waals surface area contributed by atoms with Crippen LogP contribution in [-0.2, 0) is 4.74 Å². The Morgan fingerprint density at radius 1 is 1.09 bits per heavy atom. The van der Waals surface area contributed by atoms with Gasteiger partial charge in [-0.2, -0.15) is 0 Å². The first-order valence-corrected chi connectivity index (χ1v) is 8.91. The lowest BCUT2D eigenvalue weighted by molar-refractivity contribution is 0.0520. The van der Waals surface area contributed by atoms with Crippen molar-refractivity contribution >= 4 is 6.09 Å². The first kappa shape index (κ1) is 17.6. The minimum Gasteiger partial charge on any atom is -0.444 e. The van der Waals surface area contributed by atoms with Crippen LogP contribution in [0.15, 0.2) is 0 Å². The molecule has 5 unspecified atom stereocenters. The number of amides is 1. The summed E-state index contributed by atoms with van der Waals surface area (Å²) in [6.07, 6.45) is 4.67. The van der Waals surface area contributed by atoms with E-state index in [1.54, 1.807) is 0 Å². The zero-order valence-electron chi connectivity index (χ0n) is 15.1. The molecule has 4 heteroatoms. The maximum Gasteiger partial charge on any atom is 0.407 e. The van der Waals surface area contributed by atoms with Crippen molar-refractivity contribution in [2.24, 2.45) is 17.8 Å². The molecule has 22 heavy (non-hydrogen) atoms. The fourth-order valence-corrected chi connectivity index (χ4v) is 3.67. The molecular formula is C18H34N2O2. The molecule has 0 saturated heterocycles. The van der Waals surface area contributed by atoms with Crippen molar-refractivity contribution in [3.8, 4) is 0 Å². The fraction of sp³-hybridized carbons (Fsp3) is 0.944. The number of carbonyl (C=O) groups is 1. The topological polar surface area (TPSA) is 50.4 Å². The molecule has 4 nitrogen and oxygen atoms in total. The second-order valence-electron chi connectivity index (χ2n) is 8.69. The van der Waals surface area contributed by atoms with Gasteiger partial charge in [0.2, 0.25) is 0 Å². The summed E-state index contributed by atoms with van der Waals surface area (Å²) in [5, 5.41) is 6.78. The summed E-state index contributed by atoms with van der Waals surface area (Å²) in [6, 6.07) is 1.25. The minimum atomic E-state index is -0.427. The Hall–Kier alpha value is -0.770. The summed E-state index contributed by atoms with van der Waals surface area (Å²) < 4.78 is 5.33. The van der Waals surface area contributed by atoms with Crippen molar-refractivity contribution < 1.29 is 9.53 Å². The van der Waals surface area contributed by atoms with Gasteiger partial charge in [-0.15, -0.1) is 0 Å². The van der Waals surface area contributed by atoms with Crippen LogP contribution in [0.4, 0.5) is 4.79 Å². The van der Waals surface area contributed by atoms with E-state index in [9.17, 15) is 4.79 Å². The van der Waals surface area contributed by atoms with Crippen LogP contribution in [0.3, 0.4) is 0 Å². The van der Waals surface area contributed by atoms with Crippen LogP contribution in [0.1, 0.15) is 67.2 Å². The van der Waals surface area contributed by atoms with Crippen molar-refractivity contribution in [1.82, 2.24) is 10.6 Å². The Morgan fingerprint density at radius 2 is 1.77 bits per heavy atom. The molecule has 0 aromatic heterocycles. The van der Waals surface area contributed by atoms with Gasteiger partial charge >= 0.3 is 6.09 Å². The lowest BCUT2D eigenvalue weighted by Gasteiger charge is -2.38. The second kappa shape index (κ2) is 6.77. The molecule has 0 radical (unpaired) electrons. The monoisotopic (exact) mass is 310 g/mol. The molecule has 1 amide bonds. The quantitative estimate of drug-likeness (QED) is 0.832. The SMILES string of the molecule is CC1CCC(C(C)C)C(NC2CC2NC(=O)OC(C)(C)C)C1. The van der Waals surface area contributed by atoms with Gasteiger partial charge in [0.25, 0.3) is 0 Å². The van der Waals surface area contributed by atoms with Crippen LogP contribution < -0.4 is 10.6 Å². The summed E-state index contributed by atoms with van der Waals surface area (Å²) >= 11 is 0. The smallest absolute Gasteiger partial charge is 0.407 e. The lowest BCUT2D eigenvalue weighted by Crippen LogP contribution is -2.46. The van der Waals surface area contributed by atoms with Crippen LogP contribution in [-0.4, -0.2) is 29.8 Å². The van der Waals surface area contributed by atoms with Crippen molar-refractivity contribution in [1.29, 1.82) is 0 Å². The molecule has 128 valence electrons. The van der Waals surface area contributed by atoms with Crippen LogP contribution in [0.2, 0.25) is 0 Å². The maximum absolute atomic E-state index is 11.8. The van der Waals surface area contributed by atoms with Crippen molar-refractivity contribution in [3.05, 3.63) is 0 Å². The number of hydrogen-bond acceptors (Lipinski definition) is 3. The summed E-state index contributed by atoms with van der Waals surface area (Å²) in [7, 11) is 0. The number of alkyl carbamates (subject to hydrolysis) is 1. The molecule has 0 heterocycles. The van der Waals surface area contributed by atoms with Gasteiger partial charge in [0.05, 0.1) is 0 Å². The Bertz CT molecular complexity index is 389. The van der Waals surface area contributed by atoms with E-state index in [0.717, 1.165) is 24.2 Å². The Labute approximate surface area is 135 Å². The number of ether oxygens (including phenoxy) is 1. The minimum absolute atomic E-state index is 0.236. The van der Waals surface area contributed by atoms with Crippen LogP contribution >= 0.6 is 0 Å². The molecule has 5 atom stereocenters. The van der Waals surface area contributed by atoms with Crippen LogP contribution in [0, 0.1) is 17.8 Å². The van der Waals surface area contributed by atoms with Crippen molar-refractivity contribution in [2.75, 3.05) is 0 Å². The zero-order valence-corrected chi connectivity index (χ0v) is 15.1. The number of rotatable bonds is 4. The average molecular weight is 310 g/mol. The van der Waals surface area contributed by atoms with Crippen molar-refractivity contribution in [2.45, 2.75) is 91.0 Å². The van der Waals surface area contributed by atoms with Gasteiger partial charge in [-0.1, -0.05) is 27.2 Å². The predicted molar refractivity (Wildman–Crippen MR) is 89.8 cm³/mol. The third-order valence-corrected chi connectivity index (χ3v) is 4.94. The highest BCUT2D eigenvalue weighted by Crippen LogP contribution is 2.35. The number of nitrogens with one attached hydrogen (secondary N) is 2.